The summed E-state index contributed by atoms with van der Waals surface area (Å²) in [4.78, 5) is 23.5. The predicted octanol–water partition coefficient (Wildman–Crippen LogP) is 2.71. The second-order valence-electron chi connectivity index (χ2n) is 7.41. The third-order valence-electron chi connectivity index (χ3n) is 5.64. The molecular weight excluding hydrogens is 331 g/mol. The van der Waals surface area contributed by atoms with Gasteiger partial charge in [0.2, 0.25) is 5.91 Å². The summed E-state index contributed by atoms with van der Waals surface area (Å²) in [6.07, 6.45) is 7.39. The molecule has 2 fully saturated rings. The molecular formula is C20H23FN4O. The van der Waals surface area contributed by atoms with E-state index in [0.29, 0.717) is 23.8 Å². The maximum Gasteiger partial charge on any atom is 0.233 e. The number of carbonyl (C=O) groups excluding carboxylic acids is 1. The van der Waals surface area contributed by atoms with Crippen LogP contribution in [0, 0.1) is 11.7 Å². The average Bonchev–Trinajstić information content (AvgIpc) is 3.45. The lowest BCUT2D eigenvalue weighted by Crippen LogP contribution is -2.45. The van der Waals surface area contributed by atoms with Crippen molar-refractivity contribution in [2.45, 2.75) is 37.5 Å². The zero-order valence-electron chi connectivity index (χ0n) is 14.7. The molecule has 2 aliphatic rings. The molecule has 1 aliphatic heterocycles. The highest BCUT2D eigenvalue weighted by molar-refractivity contribution is 5.91. The van der Waals surface area contributed by atoms with Crippen LogP contribution in [0.15, 0.2) is 36.7 Å². The molecule has 2 N–H and O–H groups in total. The SMILES string of the molecule is Nc1nccnc1C[C@@H]1CCCN(C(=O)C2(c3ccccc3F)CC2)C1. The number of halogens is 1. The fourth-order valence-electron chi connectivity index (χ4n) is 4.10. The molecule has 4 rings (SSSR count). The zero-order valence-corrected chi connectivity index (χ0v) is 14.7. The van der Waals surface area contributed by atoms with Crippen molar-refractivity contribution in [3.8, 4) is 0 Å². The Kier molecular flexibility index (Phi) is 4.34. The number of nitrogen functional groups attached to an aromatic ring is 1. The number of aromatic nitrogens is 2. The Morgan fingerprint density at radius 3 is 2.77 bits per heavy atom. The fourth-order valence-corrected chi connectivity index (χ4v) is 4.10. The van der Waals surface area contributed by atoms with Crippen LogP contribution in [-0.4, -0.2) is 33.9 Å². The van der Waals surface area contributed by atoms with E-state index in [-0.39, 0.29) is 11.7 Å². The minimum atomic E-state index is -0.654. The number of anilines is 1. The van der Waals surface area contributed by atoms with E-state index >= 15 is 0 Å². The predicted molar refractivity (Wildman–Crippen MR) is 96.8 cm³/mol. The lowest BCUT2D eigenvalue weighted by atomic mass is 9.89. The number of nitrogens with zero attached hydrogens (tertiary/aromatic N) is 3. The Balaban J connectivity index is 1.49. The molecule has 1 aliphatic carbocycles. The first-order chi connectivity index (χ1) is 12.6. The summed E-state index contributed by atoms with van der Waals surface area (Å²) in [5, 5.41) is 0. The molecule has 136 valence electrons. The molecule has 6 heteroatoms. The van der Waals surface area contributed by atoms with E-state index in [1.54, 1.807) is 24.5 Å². The molecule has 2 heterocycles. The second kappa shape index (κ2) is 6.67. The number of amides is 1. The number of hydrogen-bond acceptors (Lipinski definition) is 4. The van der Waals surface area contributed by atoms with Gasteiger partial charge in [0.25, 0.3) is 0 Å². The Hall–Kier alpha value is -2.50. The van der Waals surface area contributed by atoms with Gasteiger partial charge in [-0.3, -0.25) is 9.78 Å². The van der Waals surface area contributed by atoms with Crippen molar-refractivity contribution < 1.29 is 9.18 Å². The van der Waals surface area contributed by atoms with Crippen molar-refractivity contribution in [1.82, 2.24) is 14.9 Å². The maximum absolute atomic E-state index is 14.3. The number of piperidine rings is 1. The molecule has 0 unspecified atom stereocenters. The number of hydrogen-bond donors (Lipinski definition) is 1. The van der Waals surface area contributed by atoms with E-state index in [0.717, 1.165) is 44.3 Å². The summed E-state index contributed by atoms with van der Waals surface area (Å²) < 4.78 is 14.3. The first-order valence-electron chi connectivity index (χ1n) is 9.20. The van der Waals surface area contributed by atoms with E-state index in [2.05, 4.69) is 9.97 Å². The van der Waals surface area contributed by atoms with Crippen LogP contribution in [0.3, 0.4) is 0 Å². The highest BCUT2D eigenvalue weighted by Gasteiger charge is 2.54. The third-order valence-corrected chi connectivity index (χ3v) is 5.64. The van der Waals surface area contributed by atoms with Gasteiger partial charge in [-0.1, -0.05) is 18.2 Å². The summed E-state index contributed by atoms with van der Waals surface area (Å²) >= 11 is 0. The molecule has 1 saturated carbocycles. The Labute approximate surface area is 152 Å². The first kappa shape index (κ1) is 16.9. The van der Waals surface area contributed by atoms with Gasteiger partial charge in [-0.05, 0) is 44.1 Å². The van der Waals surface area contributed by atoms with Crippen LogP contribution in [0.4, 0.5) is 10.2 Å². The van der Waals surface area contributed by atoms with Crippen molar-refractivity contribution in [2.75, 3.05) is 18.8 Å². The van der Waals surface area contributed by atoms with Crippen LogP contribution in [0.5, 0.6) is 0 Å². The monoisotopic (exact) mass is 354 g/mol. The minimum absolute atomic E-state index is 0.0689. The Bertz CT molecular complexity index is 821. The van der Waals surface area contributed by atoms with Crippen molar-refractivity contribution >= 4 is 11.7 Å². The number of benzene rings is 1. The third kappa shape index (κ3) is 3.04. The number of rotatable bonds is 4. The van der Waals surface area contributed by atoms with E-state index in [1.807, 2.05) is 11.0 Å². The summed E-state index contributed by atoms with van der Waals surface area (Å²) in [7, 11) is 0. The zero-order chi connectivity index (χ0) is 18.1. The molecule has 26 heavy (non-hydrogen) atoms. The number of likely N-dealkylation sites (tertiary alicyclic amines) is 1. The number of nitrogens with two attached hydrogens (primary N) is 1. The van der Waals surface area contributed by atoms with Gasteiger partial charge in [0.1, 0.15) is 11.6 Å². The topological polar surface area (TPSA) is 72.1 Å². The molecule has 1 atom stereocenters. The van der Waals surface area contributed by atoms with Gasteiger partial charge in [0.05, 0.1) is 11.1 Å². The molecule has 1 amide bonds. The highest BCUT2D eigenvalue weighted by Crippen LogP contribution is 2.50. The summed E-state index contributed by atoms with van der Waals surface area (Å²) in [6, 6.07) is 6.67. The van der Waals surface area contributed by atoms with Crippen molar-refractivity contribution in [3.63, 3.8) is 0 Å². The van der Waals surface area contributed by atoms with Gasteiger partial charge in [0, 0.05) is 31.0 Å². The minimum Gasteiger partial charge on any atom is -0.382 e. The van der Waals surface area contributed by atoms with Gasteiger partial charge in [-0.25, -0.2) is 9.37 Å². The Morgan fingerprint density at radius 2 is 2.04 bits per heavy atom. The summed E-state index contributed by atoms with van der Waals surface area (Å²) in [5.41, 5.74) is 6.59. The summed E-state index contributed by atoms with van der Waals surface area (Å²) in [6.45, 7) is 1.41. The van der Waals surface area contributed by atoms with Crippen LogP contribution in [0.25, 0.3) is 0 Å². The molecule has 5 nitrogen and oxygen atoms in total. The lowest BCUT2D eigenvalue weighted by Gasteiger charge is -2.35. The van der Waals surface area contributed by atoms with Gasteiger partial charge in [-0.15, -0.1) is 0 Å². The molecule has 1 aromatic carbocycles. The molecule has 0 radical (unpaired) electrons. The molecule has 2 aromatic rings. The lowest BCUT2D eigenvalue weighted by molar-refractivity contribution is -0.135. The first-order valence-corrected chi connectivity index (χ1v) is 9.20. The van der Waals surface area contributed by atoms with Crippen molar-refractivity contribution in [3.05, 3.63) is 53.7 Å². The largest absolute Gasteiger partial charge is 0.382 e. The van der Waals surface area contributed by atoms with Crippen LogP contribution in [0.1, 0.15) is 36.9 Å². The van der Waals surface area contributed by atoms with Crippen molar-refractivity contribution in [2.24, 2.45) is 5.92 Å². The van der Waals surface area contributed by atoms with Crippen LogP contribution in [-0.2, 0) is 16.6 Å². The number of carbonyl (C=O) groups is 1. The second-order valence-corrected chi connectivity index (χ2v) is 7.41. The normalized spacial score (nSPS) is 21.4. The standard InChI is InChI=1S/C20H23FN4O/c21-16-6-2-1-5-15(16)20(7-8-20)19(26)25-11-3-4-14(13-25)12-17-18(22)24-10-9-23-17/h1-2,5-6,9-10,14H,3-4,7-8,11-13H2,(H2,22,24)/t14-/m0/s1. The fraction of sp³-hybridized carbons (Fsp3) is 0.450. The van der Waals surface area contributed by atoms with E-state index in [4.69, 9.17) is 5.73 Å². The van der Waals surface area contributed by atoms with E-state index < -0.39 is 5.41 Å². The van der Waals surface area contributed by atoms with Gasteiger partial charge in [0.15, 0.2) is 0 Å². The van der Waals surface area contributed by atoms with Gasteiger partial charge in [-0.2, -0.15) is 0 Å². The van der Waals surface area contributed by atoms with Crippen LogP contribution in [0.2, 0.25) is 0 Å². The molecule has 1 aromatic heterocycles. The van der Waals surface area contributed by atoms with Crippen LogP contribution < -0.4 is 5.73 Å². The van der Waals surface area contributed by atoms with Gasteiger partial charge >= 0.3 is 0 Å². The average molecular weight is 354 g/mol. The molecule has 0 spiro atoms. The highest BCUT2D eigenvalue weighted by atomic mass is 19.1. The maximum atomic E-state index is 14.3. The smallest absolute Gasteiger partial charge is 0.233 e. The van der Waals surface area contributed by atoms with Crippen molar-refractivity contribution in [1.29, 1.82) is 0 Å². The quantitative estimate of drug-likeness (QED) is 0.916. The van der Waals surface area contributed by atoms with E-state index in [1.165, 1.54) is 6.07 Å². The summed E-state index contributed by atoms with van der Waals surface area (Å²) in [5.74, 6) is 0.558. The van der Waals surface area contributed by atoms with Gasteiger partial charge < -0.3 is 10.6 Å². The van der Waals surface area contributed by atoms with Crippen LogP contribution >= 0.6 is 0 Å². The Morgan fingerprint density at radius 1 is 1.27 bits per heavy atom. The molecule has 0 bridgehead atoms. The van der Waals surface area contributed by atoms with E-state index in [9.17, 15) is 9.18 Å². The molecule has 1 saturated heterocycles.